The molecular formula is C19H20O6. The van der Waals surface area contributed by atoms with Gasteiger partial charge in [-0.3, -0.25) is 0 Å². The van der Waals surface area contributed by atoms with Crippen LogP contribution in [0, 0.1) is 0 Å². The van der Waals surface area contributed by atoms with Crippen molar-refractivity contribution in [2.75, 3.05) is 0 Å². The molecule has 0 saturated carbocycles. The average molecular weight is 344 g/mol. The Balaban J connectivity index is 2.14. The highest BCUT2D eigenvalue weighted by atomic mass is 16.6. The molecule has 0 amide bonds. The van der Waals surface area contributed by atoms with Crippen molar-refractivity contribution in [1.29, 1.82) is 0 Å². The number of esters is 1. The molecule has 1 aromatic carbocycles. The lowest BCUT2D eigenvalue weighted by molar-refractivity contribution is -0.166. The highest BCUT2D eigenvalue weighted by Crippen LogP contribution is 2.43. The van der Waals surface area contributed by atoms with Gasteiger partial charge in [0.05, 0.1) is 0 Å². The van der Waals surface area contributed by atoms with Gasteiger partial charge in [-0.15, -0.1) is 0 Å². The van der Waals surface area contributed by atoms with Gasteiger partial charge in [-0.25, -0.2) is 9.59 Å². The Bertz CT molecular complexity index is 921. The summed E-state index contributed by atoms with van der Waals surface area (Å²) < 4.78 is 16.6. The zero-order valence-electron chi connectivity index (χ0n) is 14.5. The van der Waals surface area contributed by atoms with Gasteiger partial charge >= 0.3 is 11.6 Å². The fourth-order valence-electron chi connectivity index (χ4n) is 2.76. The van der Waals surface area contributed by atoms with Crippen LogP contribution in [0.4, 0.5) is 0 Å². The Hall–Kier alpha value is -2.60. The zero-order valence-corrected chi connectivity index (χ0v) is 14.5. The zero-order chi connectivity index (χ0) is 18.4. The molecule has 3 rings (SSSR count). The third kappa shape index (κ3) is 3.05. The number of carbonyl (C=O) groups excluding carboxylic acids is 1. The SMILES string of the molecule is C/C=C(\C)C(=O)O[C@@H]1c2cc3ccc(=O)oc3cc2OC(C)(C)[C@H]1O. The van der Waals surface area contributed by atoms with E-state index in [-0.39, 0.29) is 0 Å². The van der Waals surface area contributed by atoms with E-state index in [0.717, 1.165) is 0 Å². The Morgan fingerprint density at radius 1 is 1.32 bits per heavy atom. The van der Waals surface area contributed by atoms with E-state index < -0.39 is 29.4 Å². The first-order valence-corrected chi connectivity index (χ1v) is 8.01. The lowest BCUT2D eigenvalue weighted by Crippen LogP contribution is -2.49. The number of rotatable bonds is 2. The van der Waals surface area contributed by atoms with Crippen LogP contribution in [0.1, 0.15) is 39.4 Å². The van der Waals surface area contributed by atoms with E-state index >= 15 is 0 Å². The summed E-state index contributed by atoms with van der Waals surface area (Å²) in [7, 11) is 0. The smallest absolute Gasteiger partial charge is 0.336 e. The predicted octanol–water partition coefficient (Wildman–Crippen LogP) is 2.88. The summed E-state index contributed by atoms with van der Waals surface area (Å²) in [5.74, 6) is -0.0945. The first-order valence-electron chi connectivity index (χ1n) is 8.01. The third-order valence-corrected chi connectivity index (χ3v) is 4.42. The van der Waals surface area contributed by atoms with E-state index in [1.165, 1.54) is 6.07 Å². The molecule has 0 aliphatic carbocycles. The van der Waals surface area contributed by atoms with E-state index in [1.807, 2.05) is 0 Å². The summed E-state index contributed by atoms with van der Waals surface area (Å²) in [5.41, 5.74) is -0.0949. The normalized spacial score (nSPS) is 22.2. The summed E-state index contributed by atoms with van der Waals surface area (Å²) in [6.45, 7) is 6.80. The van der Waals surface area contributed by atoms with Crippen molar-refractivity contribution in [3.63, 3.8) is 0 Å². The van der Waals surface area contributed by atoms with E-state index in [4.69, 9.17) is 13.9 Å². The summed E-state index contributed by atoms with van der Waals surface area (Å²) >= 11 is 0. The quantitative estimate of drug-likeness (QED) is 0.512. The fraction of sp³-hybridized carbons (Fsp3) is 0.368. The van der Waals surface area contributed by atoms with E-state index in [0.29, 0.717) is 27.9 Å². The minimum absolute atomic E-state index is 0.369. The number of aliphatic hydroxyl groups excluding tert-OH is 1. The second-order valence-corrected chi connectivity index (χ2v) is 6.63. The monoisotopic (exact) mass is 344 g/mol. The molecule has 1 N–H and O–H groups in total. The van der Waals surface area contributed by atoms with Gasteiger partial charge in [0.15, 0.2) is 6.10 Å². The van der Waals surface area contributed by atoms with Gasteiger partial charge in [-0.1, -0.05) is 6.08 Å². The average Bonchev–Trinajstić information content (AvgIpc) is 2.56. The summed E-state index contributed by atoms with van der Waals surface area (Å²) in [6.07, 6.45) is -0.297. The van der Waals surface area contributed by atoms with Gasteiger partial charge in [-0.2, -0.15) is 0 Å². The molecule has 6 heteroatoms. The van der Waals surface area contributed by atoms with Gasteiger partial charge in [0.1, 0.15) is 23.0 Å². The van der Waals surface area contributed by atoms with Crippen molar-refractivity contribution in [2.45, 2.75) is 45.5 Å². The van der Waals surface area contributed by atoms with Crippen LogP contribution in [0.3, 0.4) is 0 Å². The van der Waals surface area contributed by atoms with Crippen LogP contribution >= 0.6 is 0 Å². The molecule has 0 saturated heterocycles. The van der Waals surface area contributed by atoms with E-state index in [9.17, 15) is 14.7 Å². The summed E-state index contributed by atoms with van der Waals surface area (Å²) in [4.78, 5) is 23.6. The van der Waals surface area contributed by atoms with E-state index in [2.05, 4.69) is 0 Å². The number of hydrogen-bond acceptors (Lipinski definition) is 6. The molecule has 1 aliphatic heterocycles. The van der Waals surface area contributed by atoms with Crippen molar-refractivity contribution in [1.82, 2.24) is 0 Å². The molecular weight excluding hydrogens is 324 g/mol. The van der Waals surface area contributed by atoms with Crippen LogP contribution in [0.5, 0.6) is 5.75 Å². The number of aliphatic hydroxyl groups is 1. The molecule has 0 radical (unpaired) electrons. The summed E-state index contributed by atoms with van der Waals surface area (Å²) in [5, 5.41) is 11.3. The largest absolute Gasteiger partial charge is 0.484 e. The highest BCUT2D eigenvalue weighted by Gasteiger charge is 2.45. The van der Waals surface area contributed by atoms with Crippen molar-refractivity contribution in [2.24, 2.45) is 0 Å². The van der Waals surface area contributed by atoms with Crippen molar-refractivity contribution in [3.05, 3.63) is 51.9 Å². The van der Waals surface area contributed by atoms with Crippen molar-refractivity contribution < 1.29 is 23.8 Å². The molecule has 1 aromatic heterocycles. The second-order valence-electron chi connectivity index (χ2n) is 6.63. The molecule has 0 bridgehead atoms. The van der Waals surface area contributed by atoms with Crippen LogP contribution in [0.25, 0.3) is 11.0 Å². The number of fused-ring (bicyclic) bond motifs is 2. The number of allylic oxidation sites excluding steroid dienone is 1. The van der Waals surface area contributed by atoms with Gasteiger partial charge in [0, 0.05) is 28.7 Å². The number of hydrogen-bond donors (Lipinski definition) is 1. The fourth-order valence-corrected chi connectivity index (χ4v) is 2.76. The Morgan fingerprint density at radius 2 is 2.04 bits per heavy atom. The standard InChI is InChI=1S/C19H20O6/c1-5-10(2)18(22)24-16-12-8-11-6-7-15(20)23-13(11)9-14(12)25-19(3,4)17(16)21/h5-9,16-17,21H,1-4H3/b10-5+/t16-,17+/m1/s1. The molecule has 25 heavy (non-hydrogen) atoms. The van der Waals surface area contributed by atoms with Gasteiger partial charge in [-0.05, 0) is 39.8 Å². The molecule has 132 valence electrons. The maximum Gasteiger partial charge on any atom is 0.336 e. The lowest BCUT2D eigenvalue weighted by Gasteiger charge is -2.41. The van der Waals surface area contributed by atoms with Crippen molar-refractivity contribution >= 4 is 16.9 Å². The molecule has 2 aromatic rings. The van der Waals surface area contributed by atoms with Crippen molar-refractivity contribution in [3.8, 4) is 5.75 Å². The minimum atomic E-state index is -1.05. The van der Waals surface area contributed by atoms with Gasteiger partial charge in [0.25, 0.3) is 0 Å². The van der Waals surface area contributed by atoms with Crippen LogP contribution < -0.4 is 10.4 Å². The molecule has 1 aliphatic rings. The number of benzene rings is 1. The molecule has 0 fully saturated rings. The van der Waals surface area contributed by atoms with Crippen LogP contribution in [0.15, 0.2) is 45.1 Å². The van der Waals surface area contributed by atoms with E-state index in [1.54, 1.807) is 52.0 Å². The molecule has 0 spiro atoms. The Morgan fingerprint density at radius 3 is 2.72 bits per heavy atom. The first-order chi connectivity index (χ1) is 11.7. The van der Waals surface area contributed by atoms with Crippen LogP contribution in [-0.2, 0) is 9.53 Å². The molecule has 2 atom stereocenters. The third-order valence-electron chi connectivity index (χ3n) is 4.42. The highest BCUT2D eigenvalue weighted by molar-refractivity contribution is 5.88. The van der Waals surface area contributed by atoms with Gasteiger partial charge in [0.2, 0.25) is 0 Å². The maximum atomic E-state index is 12.2. The predicted molar refractivity (Wildman–Crippen MR) is 91.5 cm³/mol. The topological polar surface area (TPSA) is 86.0 Å². The Labute approximate surface area is 144 Å². The Kier molecular flexibility index (Phi) is 4.16. The lowest BCUT2D eigenvalue weighted by atomic mass is 9.87. The second kappa shape index (κ2) is 6.04. The maximum absolute atomic E-state index is 12.2. The minimum Gasteiger partial charge on any atom is -0.484 e. The molecule has 6 nitrogen and oxygen atoms in total. The summed E-state index contributed by atoms with van der Waals surface area (Å²) in [6, 6.07) is 6.21. The van der Waals surface area contributed by atoms with Crippen LogP contribution in [-0.4, -0.2) is 22.8 Å². The molecule has 0 unspecified atom stereocenters. The number of ether oxygens (including phenoxy) is 2. The van der Waals surface area contributed by atoms with Crippen LogP contribution in [0.2, 0.25) is 0 Å². The molecule has 2 heterocycles. The first kappa shape index (κ1) is 17.2. The number of carbonyl (C=O) groups is 1. The van der Waals surface area contributed by atoms with Gasteiger partial charge < -0.3 is 19.0 Å².